The zero-order valence-corrected chi connectivity index (χ0v) is 49.2. The molecule has 4 aromatic heterocycles. The molecule has 15 aromatic carbocycles. The van der Waals surface area contributed by atoms with Crippen molar-refractivity contribution in [3.05, 3.63) is 324 Å². The van der Waals surface area contributed by atoms with Crippen LogP contribution in [0.5, 0.6) is 0 Å². The van der Waals surface area contributed by atoms with Crippen LogP contribution in [0.2, 0.25) is 0 Å². The lowest BCUT2D eigenvalue weighted by molar-refractivity contribution is 0.667. The first kappa shape index (κ1) is 48.0. The fourth-order valence-electron chi connectivity index (χ4n) is 18.2. The van der Waals surface area contributed by atoms with E-state index < -0.39 is 10.8 Å². The van der Waals surface area contributed by atoms with Gasteiger partial charge in [-0.05, 0) is 207 Å². The van der Waals surface area contributed by atoms with E-state index in [9.17, 15) is 0 Å². The van der Waals surface area contributed by atoms with Gasteiger partial charge in [0.15, 0.2) is 0 Å². The van der Waals surface area contributed by atoms with Gasteiger partial charge >= 0.3 is 0 Å². The van der Waals surface area contributed by atoms with E-state index in [1.54, 1.807) is 0 Å². The Morgan fingerprint density at radius 1 is 0.196 bits per heavy atom. The summed E-state index contributed by atoms with van der Waals surface area (Å²) >= 11 is 0. The summed E-state index contributed by atoms with van der Waals surface area (Å²) < 4.78 is 28.5. The molecular formula is C88H46O4. The summed E-state index contributed by atoms with van der Waals surface area (Å²) in [6.45, 7) is 0. The fraction of sp³-hybridized carbons (Fsp3) is 0.0227. The van der Waals surface area contributed by atoms with Gasteiger partial charge in [0.2, 0.25) is 0 Å². The van der Waals surface area contributed by atoms with Gasteiger partial charge < -0.3 is 17.7 Å². The maximum Gasteiger partial charge on any atom is 0.143 e. The van der Waals surface area contributed by atoms with Crippen LogP contribution in [0.4, 0.5) is 0 Å². The number of hydrogen-bond acceptors (Lipinski definition) is 4. The molecule has 4 heteroatoms. The van der Waals surface area contributed by atoms with Gasteiger partial charge in [-0.15, -0.1) is 0 Å². The van der Waals surface area contributed by atoms with Crippen molar-refractivity contribution in [1.29, 1.82) is 0 Å². The summed E-state index contributed by atoms with van der Waals surface area (Å²) in [5, 5.41) is 13.5. The highest BCUT2D eigenvalue weighted by Gasteiger charge is 2.57. The second kappa shape index (κ2) is 16.6. The minimum atomic E-state index is -0.759. The molecule has 0 saturated heterocycles. The molecule has 0 aliphatic heterocycles. The molecule has 0 radical (unpaired) electrons. The minimum absolute atomic E-state index is 0.759. The van der Waals surface area contributed by atoms with Gasteiger partial charge in [0.1, 0.15) is 44.7 Å². The van der Waals surface area contributed by atoms with Crippen LogP contribution in [0.1, 0.15) is 44.5 Å². The standard InChI is InChI=1S/C88H46O4/c1-3-19-49-39-79-63(37-47(49)17-1)57-35-33-51(41-77(57)89-79)61-43-73-81(83-59-25-9-15-31-75(59)91-85(61)83)65-45-72-66(46-71(65)87(73)67-27-11-5-21-53(67)54-22-6-12-28-68(54)87)82-74(88(72)69-29-13-7-23-55(69)56-24-8-14-30-70(56)88)44-62(86-84(82)60-26-10-16-32-76(60)92-86)52-34-36-58-64-38-48-18-2-4-20-50(48)40-80(64)90-78(58)42-52/h1-46H. The third kappa shape index (κ3) is 5.66. The average molecular weight is 1170 g/mol. The van der Waals surface area contributed by atoms with Crippen LogP contribution in [-0.2, 0) is 10.8 Å². The lowest BCUT2D eigenvalue weighted by Crippen LogP contribution is -2.27. The molecular weight excluding hydrogens is 1120 g/mol. The molecule has 422 valence electrons. The maximum atomic E-state index is 7.37. The smallest absolute Gasteiger partial charge is 0.143 e. The van der Waals surface area contributed by atoms with Crippen LogP contribution in [0, 0.1) is 0 Å². The molecule has 4 heterocycles. The fourth-order valence-corrected chi connectivity index (χ4v) is 18.2. The molecule has 19 aromatic rings. The van der Waals surface area contributed by atoms with Gasteiger partial charge in [-0.3, -0.25) is 0 Å². The second-order valence-corrected chi connectivity index (χ2v) is 25.9. The summed E-state index contributed by atoms with van der Waals surface area (Å²) in [6, 6.07) is 104. The average Bonchev–Trinajstić information content (AvgIpc) is 1.48. The highest BCUT2D eigenvalue weighted by molar-refractivity contribution is 6.24. The molecule has 23 rings (SSSR count). The van der Waals surface area contributed by atoms with E-state index in [0.717, 1.165) is 121 Å². The Morgan fingerprint density at radius 3 is 0.946 bits per heavy atom. The van der Waals surface area contributed by atoms with Crippen molar-refractivity contribution in [3.8, 4) is 66.8 Å². The Morgan fingerprint density at radius 2 is 0.533 bits per heavy atom. The van der Waals surface area contributed by atoms with E-state index >= 15 is 0 Å². The Hall–Kier alpha value is -12.0. The number of benzene rings is 15. The van der Waals surface area contributed by atoms with Crippen molar-refractivity contribution in [3.63, 3.8) is 0 Å². The van der Waals surface area contributed by atoms with Crippen molar-refractivity contribution in [2.75, 3.05) is 0 Å². The summed E-state index contributed by atoms with van der Waals surface area (Å²) in [5.74, 6) is 0. The Balaban J connectivity index is 0.863. The number of furan rings is 4. The van der Waals surface area contributed by atoms with E-state index in [0.29, 0.717) is 0 Å². The zero-order valence-electron chi connectivity index (χ0n) is 49.2. The molecule has 0 bridgehead atoms. The van der Waals surface area contributed by atoms with Crippen LogP contribution in [-0.4, -0.2) is 0 Å². The Labute approximate surface area is 525 Å². The molecule has 2 spiro atoms. The largest absolute Gasteiger partial charge is 0.456 e. The number of fused-ring (bicyclic) bond motifs is 36. The third-order valence-electron chi connectivity index (χ3n) is 21.8. The normalized spacial score (nSPS) is 14.3. The van der Waals surface area contributed by atoms with E-state index in [-0.39, 0.29) is 0 Å². The highest BCUT2D eigenvalue weighted by atomic mass is 16.3. The number of hydrogen-bond donors (Lipinski definition) is 0. The molecule has 0 atom stereocenters. The van der Waals surface area contributed by atoms with Crippen molar-refractivity contribution < 1.29 is 17.7 Å². The van der Waals surface area contributed by atoms with Crippen molar-refractivity contribution in [2.24, 2.45) is 0 Å². The molecule has 0 fully saturated rings. The van der Waals surface area contributed by atoms with Crippen molar-refractivity contribution in [1.82, 2.24) is 0 Å². The summed E-state index contributed by atoms with van der Waals surface area (Å²) in [7, 11) is 0. The Kier molecular flexibility index (Phi) is 8.68. The highest BCUT2D eigenvalue weighted by Crippen LogP contribution is 2.71. The van der Waals surface area contributed by atoms with Crippen LogP contribution < -0.4 is 0 Å². The maximum absolute atomic E-state index is 7.37. The van der Waals surface area contributed by atoms with Crippen molar-refractivity contribution in [2.45, 2.75) is 10.8 Å². The van der Waals surface area contributed by atoms with E-state index in [4.69, 9.17) is 17.7 Å². The van der Waals surface area contributed by atoms with Crippen LogP contribution in [0.3, 0.4) is 0 Å². The zero-order chi connectivity index (χ0) is 59.4. The lowest BCUT2D eigenvalue weighted by atomic mass is 9.68. The van der Waals surface area contributed by atoms with Gasteiger partial charge in [0.25, 0.3) is 0 Å². The third-order valence-corrected chi connectivity index (χ3v) is 21.8. The first-order valence-corrected chi connectivity index (χ1v) is 31.8. The van der Waals surface area contributed by atoms with Gasteiger partial charge in [0.05, 0.1) is 10.8 Å². The van der Waals surface area contributed by atoms with Crippen LogP contribution in [0.25, 0.3) is 176 Å². The number of rotatable bonds is 2. The number of para-hydroxylation sites is 2. The van der Waals surface area contributed by atoms with E-state index in [1.807, 2.05) is 0 Å². The SMILES string of the molecule is c1ccc2c(c1)-c1ccccc1C21c2cc3c(cc2-c2c1cc(-c1ccc4c(c1)oc1cc5ccccc5cc14)c1oc4ccccc4c21)C1(c2ccccc2-c2ccccc21)c1cc(-c2ccc4c(c2)oc2cc5ccccc5cc24)c2oc4ccccc4c2c1-3. The molecule has 0 unspecified atom stereocenters. The van der Waals surface area contributed by atoms with Gasteiger partial charge in [-0.2, -0.15) is 0 Å². The molecule has 0 amide bonds. The predicted molar refractivity (Wildman–Crippen MR) is 374 cm³/mol. The Bertz CT molecular complexity index is 6160. The van der Waals surface area contributed by atoms with E-state index in [1.165, 1.54) is 99.8 Å². The monoisotopic (exact) mass is 1170 g/mol. The predicted octanol–water partition coefficient (Wildman–Crippen LogP) is 23.6. The first-order valence-electron chi connectivity index (χ1n) is 31.8. The quantitative estimate of drug-likeness (QED) is 0.173. The first-order chi connectivity index (χ1) is 45.6. The van der Waals surface area contributed by atoms with Crippen molar-refractivity contribution >= 4 is 109 Å². The van der Waals surface area contributed by atoms with Gasteiger partial charge in [-0.1, -0.05) is 194 Å². The minimum Gasteiger partial charge on any atom is -0.456 e. The molecule has 92 heavy (non-hydrogen) atoms. The molecule has 0 saturated carbocycles. The topological polar surface area (TPSA) is 52.6 Å². The van der Waals surface area contributed by atoms with Crippen LogP contribution in [0.15, 0.2) is 297 Å². The van der Waals surface area contributed by atoms with Gasteiger partial charge in [0, 0.05) is 54.2 Å². The summed E-state index contributed by atoms with van der Waals surface area (Å²) in [5.41, 5.74) is 29.3. The summed E-state index contributed by atoms with van der Waals surface area (Å²) in [4.78, 5) is 0. The molecule has 4 aliphatic rings. The van der Waals surface area contributed by atoms with Crippen LogP contribution >= 0.6 is 0 Å². The second-order valence-electron chi connectivity index (χ2n) is 25.9. The molecule has 0 N–H and O–H groups in total. The molecule has 4 nitrogen and oxygen atoms in total. The lowest BCUT2D eigenvalue weighted by Gasteiger charge is -2.32. The van der Waals surface area contributed by atoms with E-state index in [2.05, 4.69) is 279 Å². The summed E-state index contributed by atoms with van der Waals surface area (Å²) in [6.07, 6.45) is 0. The van der Waals surface area contributed by atoms with Gasteiger partial charge in [-0.25, -0.2) is 0 Å². The molecule has 4 aliphatic carbocycles.